The van der Waals surface area contributed by atoms with E-state index in [9.17, 15) is 9.59 Å². The number of hydrogen-bond donors (Lipinski definition) is 0. The monoisotopic (exact) mass is 462 g/mol. The molecule has 0 fully saturated rings. The fraction of sp³-hybridized carbons (Fsp3) is 0. The van der Waals surface area contributed by atoms with Crippen LogP contribution in [0.15, 0.2) is 72.8 Å². The van der Waals surface area contributed by atoms with E-state index in [1.807, 2.05) is 60.7 Å². The number of carbonyl (C=O) groups is 2. The van der Waals surface area contributed by atoms with Crippen molar-refractivity contribution in [1.82, 2.24) is 0 Å². The van der Waals surface area contributed by atoms with Gasteiger partial charge in [-0.15, -0.1) is 0 Å². The minimum atomic E-state index is -4.31. The van der Waals surface area contributed by atoms with Gasteiger partial charge in [0.15, 0.2) is 0 Å². The van der Waals surface area contributed by atoms with Crippen LogP contribution in [0.1, 0.15) is 11.1 Å². The van der Waals surface area contributed by atoms with Crippen LogP contribution in [0.2, 0.25) is 0 Å². The molecular formula is C18H14Cl2O2Te. The Morgan fingerprint density at radius 2 is 1.04 bits per heavy atom. The molecule has 0 aliphatic carbocycles. The molecule has 0 bridgehead atoms. The Balaban J connectivity index is 2.07. The summed E-state index contributed by atoms with van der Waals surface area (Å²) in [6, 6.07) is 18.6. The third-order valence-electron chi connectivity index (χ3n) is 2.93. The fourth-order valence-electron chi connectivity index (χ4n) is 1.73. The van der Waals surface area contributed by atoms with Crippen LogP contribution >= 0.6 is 17.9 Å². The summed E-state index contributed by atoms with van der Waals surface area (Å²) in [7, 11) is 12.2. The summed E-state index contributed by atoms with van der Waals surface area (Å²) in [5.41, 5.74) is 1.69. The van der Waals surface area contributed by atoms with Gasteiger partial charge in [0.05, 0.1) is 0 Å². The van der Waals surface area contributed by atoms with Crippen LogP contribution in [0.3, 0.4) is 0 Å². The third-order valence-corrected chi connectivity index (χ3v) is 10.7. The molecule has 0 radical (unpaired) electrons. The Hall–Kier alpha value is -1.37. The molecule has 0 saturated carbocycles. The van der Waals surface area contributed by atoms with E-state index >= 15 is 0 Å². The molecule has 2 nitrogen and oxygen atoms in total. The molecule has 0 atom stereocenters. The first-order valence-electron chi connectivity index (χ1n) is 6.77. The molecule has 0 aliphatic rings. The number of benzene rings is 2. The van der Waals surface area contributed by atoms with E-state index < -0.39 is 23.6 Å². The van der Waals surface area contributed by atoms with Gasteiger partial charge in [-0.1, -0.05) is 0 Å². The second-order valence-corrected chi connectivity index (χ2v) is 16.8. The molecule has 0 aromatic heterocycles. The first kappa shape index (κ1) is 18.0. The second-order valence-electron chi connectivity index (χ2n) is 4.60. The molecule has 118 valence electrons. The SMILES string of the molecule is O=C(/C=C/c1ccccc1)[Te](Cl)(Cl)C(=O)/C=C/c1ccccc1. The van der Waals surface area contributed by atoms with Crippen LogP contribution in [0.4, 0.5) is 0 Å². The van der Waals surface area contributed by atoms with Gasteiger partial charge < -0.3 is 0 Å². The molecule has 0 heterocycles. The summed E-state index contributed by atoms with van der Waals surface area (Å²) in [5, 5.41) is 0. The number of halogens is 2. The van der Waals surface area contributed by atoms with Crippen LogP contribution in [-0.4, -0.2) is 23.6 Å². The van der Waals surface area contributed by atoms with Crippen molar-refractivity contribution in [3.8, 4) is 0 Å². The number of allylic oxidation sites excluding steroid dienone is 2. The van der Waals surface area contributed by atoms with Crippen molar-refractivity contribution in [3.63, 3.8) is 0 Å². The Labute approximate surface area is 146 Å². The molecule has 0 saturated heterocycles. The summed E-state index contributed by atoms with van der Waals surface area (Å²) in [5.74, 6) is 0. The number of carbonyl (C=O) groups excluding carboxylic acids is 2. The fourth-order valence-corrected chi connectivity index (χ4v) is 5.04. The van der Waals surface area contributed by atoms with Crippen molar-refractivity contribution < 1.29 is 9.59 Å². The van der Waals surface area contributed by atoms with Gasteiger partial charge in [-0.2, -0.15) is 0 Å². The Morgan fingerprint density at radius 1 is 0.696 bits per heavy atom. The molecule has 5 heteroatoms. The van der Waals surface area contributed by atoms with Crippen LogP contribution in [0.25, 0.3) is 12.2 Å². The van der Waals surface area contributed by atoms with Gasteiger partial charge in [0.2, 0.25) is 0 Å². The normalized spacial score (nSPS) is 12.6. The number of rotatable bonds is 6. The van der Waals surface area contributed by atoms with Crippen LogP contribution < -0.4 is 0 Å². The van der Waals surface area contributed by atoms with E-state index in [1.165, 1.54) is 12.2 Å². The van der Waals surface area contributed by atoms with E-state index in [2.05, 4.69) is 0 Å². The maximum atomic E-state index is 12.2. The molecule has 2 rings (SSSR count). The van der Waals surface area contributed by atoms with Gasteiger partial charge in [0, 0.05) is 0 Å². The van der Waals surface area contributed by atoms with E-state index in [4.69, 9.17) is 17.9 Å². The zero-order valence-corrected chi connectivity index (χ0v) is 15.9. The Bertz CT molecular complexity index is 675. The molecule has 0 spiro atoms. The summed E-state index contributed by atoms with van der Waals surface area (Å²) in [6.45, 7) is 0. The first-order valence-corrected chi connectivity index (χ1v) is 15.0. The predicted molar refractivity (Wildman–Crippen MR) is 98.4 cm³/mol. The quantitative estimate of drug-likeness (QED) is 0.468. The minimum absolute atomic E-state index is 0.484. The van der Waals surface area contributed by atoms with Gasteiger partial charge in [0.25, 0.3) is 0 Å². The summed E-state index contributed by atoms with van der Waals surface area (Å²) >= 11 is -4.31. The van der Waals surface area contributed by atoms with Crippen LogP contribution in [0, 0.1) is 0 Å². The molecule has 0 amide bonds. The molecule has 0 unspecified atom stereocenters. The van der Waals surface area contributed by atoms with Gasteiger partial charge in [-0.25, -0.2) is 0 Å². The molecule has 0 aliphatic heterocycles. The molecule has 2 aromatic rings. The number of hydrogen-bond acceptors (Lipinski definition) is 2. The van der Waals surface area contributed by atoms with Crippen molar-refractivity contribution in [2.45, 2.75) is 0 Å². The predicted octanol–water partition coefficient (Wildman–Crippen LogP) is 4.55. The van der Waals surface area contributed by atoms with Crippen LogP contribution in [-0.2, 0) is 9.59 Å². The topological polar surface area (TPSA) is 34.1 Å². The zero-order chi connectivity index (χ0) is 16.7. The molecule has 23 heavy (non-hydrogen) atoms. The van der Waals surface area contributed by atoms with Gasteiger partial charge in [-0.05, 0) is 0 Å². The van der Waals surface area contributed by atoms with Crippen LogP contribution in [0.5, 0.6) is 0 Å². The average molecular weight is 461 g/mol. The van der Waals surface area contributed by atoms with Crippen molar-refractivity contribution in [2.75, 3.05) is 0 Å². The van der Waals surface area contributed by atoms with E-state index in [1.54, 1.807) is 12.2 Å². The Morgan fingerprint density at radius 3 is 1.39 bits per heavy atom. The summed E-state index contributed by atoms with van der Waals surface area (Å²) in [6.07, 6.45) is 5.82. The average Bonchev–Trinajstić information content (AvgIpc) is 2.59. The second kappa shape index (κ2) is 8.47. The molecule has 0 N–H and O–H groups in total. The maximum absolute atomic E-state index is 12.2. The molecule has 2 aromatic carbocycles. The van der Waals surface area contributed by atoms with E-state index in [-0.39, 0.29) is 0 Å². The standard InChI is InChI=1S/C18H14Cl2O2Te/c19-23(20,17(21)13-11-15-7-3-1-4-8-15)18(22)14-12-16-9-5-2-6-10-16/h1-14H/b13-11+,14-12+. The van der Waals surface area contributed by atoms with Gasteiger partial charge >= 0.3 is 147 Å². The van der Waals surface area contributed by atoms with E-state index in [0.29, 0.717) is 0 Å². The summed E-state index contributed by atoms with van der Waals surface area (Å²) in [4.78, 5) is 24.3. The van der Waals surface area contributed by atoms with Gasteiger partial charge in [-0.3, -0.25) is 0 Å². The van der Waals surface area contributed by atoms with Crippen molar-refractivity contribution in [2.24, 2.45) is 0 Å². The van der Waals surface area contributed by atoms with Crippen molar-refractivity contribution in [3.05, 3.63) is 83.9 Å². The molecular weight excluding hydrogens is 447 g/mol. The van der Waals surface area contributed by atoms with Crippen molar-refractivity contribution >= 4 is 53.7 Å². The third kappa shape index (κ3) is 5.34. The zero-order valence-electron chi connectivity index (χ0n) is 12.1. The van der Waals surface area contributed by atoms with Gasteiger partial charge in [0.1, 0.15) is 0 Å². The van der Waals surface area contributed by atoms with Crippen molar-refractivity contribution in [1.29, 1.82) is 0 Å². The van der Waals surface area contributed by atoms with E-state index in [0.717, 1.165) is 11.1 Å². The summed E-state index contributed by atoms with van der Waals surface area (Å²) < 4.78 is -0.967. The first-order chi connectivity index (χ1) is 11.0. The Kier molecular flexibility index (Phi) is 6.62.